The maximum absolute atomic E-state index is 12.4. The smallest absolute Gasteiger partial charge is 0.227 e. The number of carbonyl (C=O) groups is 1. The van der Waals surface area contributed by atoms with E-state index in [0.29, 0.717) is 24.6 Å². The molecule has 2 aromatic heterocycles. The first-order valence-corrected chi connectivity index (χ1v) is 7.84. The summed E-state index contributed by atoms with van der Waals surface area (Å²) in [5.74, 6) is 1.14. The molecule has 1 amide bonds. The number of hydrogen-bond acceptors (Lipinski definition) is 6. The number of piperazine rings is 1. The van der Waals surface area contributed by atoms with Gasteiger partial charge in [-0.25, -0.2) is 0 Å². The molecule has 0 spiro atoms. The fourth-order valence-corrected chi connectivity index (χ4v) is 2.84. The molecule has 0 aliphatic carbocycles. The van der Waals surface area contributed by atoms with Gasteiger partial charge in [0.15, 0.2) is 0 Å². The van der Waals surface area contributed by atoms with Crippen molar-refractivity contribution in [1.29, 1.82) is 0 Å². The summed E-state index contributed by atoms with van der Waals surface area (Å²) in [4.78, 5) is 24.9. The molecule has 1 fully saturated rings. The van der Waals surface area contributed by atoms with E-state index in [-0.39, 0.29) is 11.9 Å². The Morgan fingerprint density at radius 3 is 3.04 bits per heavy atom. The van der Waals surface area contributed by atoms with Crippen molar-refractivity contribution in [2.24, 2.45) is 0 Å². The maximum atomic E-state index is 12.4. The minimum atomic E-state index is 0.145. The number of carbonyl (C=O) groups excluding carboxylic acids is 1. The monoisotopic (exact) mass is 315 g/mol. The Hall–Kier alpha value is -2.28. The maximum Gasteiger partial charge on any atom is 0.227 e. The van der Waals surface area contributed by atoms with E-state index in [0.717, 1.165) is 25.2 Å². The quantitative estimate of drug-likeness (QED) is 0.844. The molecule has 1 saturated heterocycles. The van der Waals surface area contributed by atoms with E-state index in [1.165, 1.54) is 0 Å². The van der Waals surface area contributed by atoms with E-state index >= 15 is 0 Å². The lowest BCUT2D eigenvalue weighted by Crippen LogP contribution is -2.52. The van der Waals surface area contributed by atoms with E-state index in [1.807, 2.05) is 17.0 Å². The summed E-state index contributed by atoms with van der Waals surface area (Å²) in [6, 6.07) is 3.94. The molecule has 0 N–H and O–H groups in total. The summed E-state index contributed by atoms with van der Waals surface area (Å²) < 4.78 is 5.23. The minimum Gasteiger partial charge on any atom is -0.339 e. The highest BCUT2D eigenvalue weighted by Gasteiger charge is 2.25. The molecule has 7 heteroatoms. The number of nitrogens with zero attached hydrogens (tertiary/aromatic N) is 5. The molecule has 1 aliphatic rings. The number of aromatic nitrogens is 3. The van der Waals surface area contributed by atoms with Crippen molar-refractivity contribution >= 4 is 5.91 Å². The summed E-state index contributed by atoms with van der Waals surface area (Å²) >= 11 is 0. The average molecular weight is 315 g/mol. The third kappa shape index (κ3) is 3.73. The fourth-order valence-electron chi connectivity index (χ4n) is 2.84. The fraction of sp³-hybridized carbons (Fsp3) is 0.500. The second kappa shape index (κ2) is 6.87. The molecule has 1 atom stereocenters. The predicted octanol–water partition coefficient (Wildman–Crippen LogP) is 1.23. The summed E-state index contributed by atoms with van der Waals surface area (Å²) in [5.41, 5.74) is 0.807. The molecular formula is C16H21N5O2. The van der Waals surface area contributed by atoms with Gasteiger partial charge < -0.3 is 14.3 Å². The number of amides is 1. The molecule has 0 aromatic carbocycles. The van der Waals surface area contributed by atoms with Crippen molar-refractivity contribution in [2.45, 2.75) is 25.8 Å². The lowest BCUT2D eigenvalue weighted by molar-refractivity contribution is -0.135. The zero-order valence-electron chi connectivity index (χ0n) is 13.5. The first-order chi connectivity index (χ1) is 11.1. The SMILES string of the molecule is C[C@H]1CN(C)CCN1C(=O)CCc1nc(-c2cccnc2)no1. The van der Waals surface area contributed by atoms with Crippen LogP contribution in [0.5, 0.6) is 0 Å². The van der Waals surface area contributed by atoms with Crippen molar-refractivity contribution in [3.05, 3.63) is 30.4 Å². The van der Waals surface area contributed by atoms with Crippen LogP contribution in [-0.2, 0) is 11.2 Å². The van der Waals surface area contributed by atoms with Crippen LogP contribution in [0, 0.1) is 0 Å². The first kappa shape index (κ1) is 15.6. The second-order valence-electron chi connectivity index (χ2n) is 5.95. The van der Waals surface area contributed by atoms with E-state index in [2.05, 4.69) is 34.0 Å². The normalized spacial score (nSPS) is 19.0. The van der Waals surface area contributed by atoms with Crippen LogP contribution < -0.4 is 0 Å². The highest BCUT2D eigenvalue weighted by molar-refractivity contribution is 5.76. The van der Waals surface area contributed by atoms with Crippen molar-refractivity contribution in [1.82, 2.24) is 24.9 Å². The van der Waals surface area contributed by atoms with Gasteiger partial charge in [-0.3, -0.25) is 9.78 Å². The van der Waals surface area contributed by atoms with Gasteiger partial charge in [-0.05, 0) is 26.1 Å². The molecule has 0 bridgehead atoms. The van der Waals surface area contributed by atoms with Crippen LogP contribution in [0.3, 0.4) is 0 Å². The van der Waals surface area contributed by atoms with Gasteiger partial charge in [0.1, 0.15) is 0 Å². The third-order valence-electron chi connectivity index (χ3n) is 4.09. The van der Waals surface area contributed by atoms with Crippen LogP contribution in [0.1, 0.15) is 19.2 Å². The van der Waals surface area contributed by atoms with Crippen molar-refractivity contribution in [2.75, 3.05) is 26.7 Å². The van der Waals surface area contributed by atoms with Gasteiger partial charge >= 0.3 is 0 Å². The van der Waals surface area contributed by atoms with E-state index < -0.39 is 0 Å². The topological polar surface area (TPSA) is 75.4 Å². The van der Waals surface area contributed by atoms with E-state index in [9.17, 15) is 4.79 Å². The lowest BCUT2D eigenvalue weighted by Gasteiger charge is -2.38. The summed E-state index contributed by atoms with van der Waals surface area (Å²) in [6.07, 6.45) is 4.24. The van der Waals surface area contributed by atoms with E-state index in [1.54, 1.807) is 12.4 Å². The Morgan fingerprint density at radius 2 is 2.30 bits per heavy atom. The van der Waals surface area contributed by atoms with Gasteiger partial charge in [0.2, 0.25) is 17.6 Å². The van der Waals surface area contributed by atoms with Crippen molar-refractivity contribution in [3.63, 3.8) is 0 Å². The van der Waals surface area contributed by atoms with Crippen LogP contribution in [-0.4, -0.2) is 63.6 Å². The van der Waals surface area contributed by atoms with Crippen LogP contribution in [0.4, 0.5) is 0 Å². The number of pyridine rings is 1. The Balaban J connectivity index is 1.56. The number of hydrogen-bond donors (Lipinski definition) is 0. The molecule has 23 heavy (non-hydrogen) atoms. The Labute approximate surface area is 135 Å². The summed E-state index contributed by atoms with van der Waals surface area (Å²) in [7, 11) is 2.08. The van der Waals surface area contributed by atoms with Crippen LogP contribution >= 0.6 is 0 Å². The molecule has 3 heterocycles. The van der Waals surface area contributed by atoms with Gasteiger partial charge in [-0.1, -0.05) is 5.16 Å². The molecule has 122 valence electrons. The largest absolute Gasteiger partial charge is 0.339 e. The highest BCUT2D eigenvalue weighted by Crippen LogP contribution is 2.15. The molecule has 0 saturated carbocycles. The molecule has 1 aliphatic heterocycles. The number of aryl methyl sites for hydroxylation is 1. The number of rotatable bonds is 4. The molecule has 3 rings (SSSR count). The standard InChI is InChI=1S/C16H21N5O2/c1-12-11-20(2)8-9-21(12)15(22)6-5-14-18-16(19-23-14)13-4-3-7-17-10-13/h3-4,7,10,12H,5-6,8-9,11H2,1-2H3/t12-/m0/s1. The van der Waals surface area contributed by atoms with Gasteiger partial charge in [0, 0.05) is 56.5 Å². The van der Waals surface area contributed by atoms with Crippen LogP contribution in [0.15, 0.2) is 29.0 Å². The zero-order valence-corrected chi connectivity index (χ0v) is 13.5. The van der Waals surface area contributed by atoms with Gasteiger partial charge in [0.05, 0.1) is 0 Å². The third-order valence-corrected chi connectivity index (χ3v) is 4.09. The van der Waals surface area contributed by atoms with Crippen molar-refractivity contribution in [3.8, 4) is 11.4 Å². The molecule has 0 radical (unpaired) electrons. The molecule has 2 aromatic rings. The summed E-state index contributed by atoms with van der Waals surface area (Å²) in [6.45, 7) is 4.70. The molecule has 0 unspecified atom stereocenters. The minimum absolute atomic E-state index is 0.145. The van der Waals surface area contributed by atoms with Gasteiger partial charge in [-0.2, -0.15) is 4.98 Å². The Kier molecular flexibility index (Phi) is 4.66. The molecular weight excluding hydrogens is 294 g/mol. The molecule has 7 nitrogen and oxygen atoms in total. The first-order valence-electron chi connectivity index (χ1n) is 7.84. The summed E-state index contributed by atoms with van der Waals surface area (Å²) in [5, 5.41) is 3.94. The van der Waals surface area contributed by atoms with Gasteiger partial charge in [-0.15, -0.1) is 0 Å². The average Bonchev–Trinajstić information content (AvgIpc) is 3.02. The predicted molar refractivity (Wildman–Crippen MR) is 84.5 cm³/mol. The Morgan fingerprint density at radius 1 is 1.43 bits per heavy atom. The van der Waals surface area contributed by atoms with Gasteiger partial charge in [0.25, 0.3) is 0 Å². The lowest BCUT2D eigenvalue weighted by atomic mass is 10.1. The number of likely N-dealkylation sites (N-methyl/N-ethyl adjacent to an activating group) is 1. The van der Waals surface area contributed by atoms with Crippen molar-refractivity contribution < 1.29 is 9.32 Å². The van der Waals surface area contributed by atoms with E-state index in [4.69, 9.17) is 4.52 Å². The second-order valence-corrected chi connectivity index (χ2v) is 5.95. The Bertz CT molecular complexity index is 658. The van der Waals surface area contributed by atoms with Crippen LogP contribution in [0.2, 0.25) is 0 Å². The van der Waals surface area contributed by atoms with Crippen LogP contribution in [0.25, 0.3) is 11.4 Å². The highest BCUT2D eigenvalue weighted by atomic mass is 16.5. The zero-order chi connectivity index (χ0) is 16.2.